The summed E-state index contributed by atoms with van der Waals surface area (Å²) in [6.07, 6.45) is 1.01. The summed E-state index contributed by atoms with van der Waals surface area (Å²) in [7, 11) is 0. The smallest absolute Gasteiger partial charge is 0.135 e. The Morgan fingerprint density at radius 1 is 1.20 bits per heavy atom. The highest BCUT2D eigenvalue weighted by atomic mass is 35.5. The van der Waals surface area contributed by atoms with Crippen LogP contribution in [0.2, 0.25) is 10.3 Å². The molecule has 0 spiro atoms. The van der Waals surface area contributed by atoms with Crippen molar-refractivity contribution in [1.82, 2.24) is 9.88 Å². The third-order valence-corrected chi connectivity index (χ3v) is 4.21. The van der Waals surface area contributed by atoms with Gasteiger partial charge in [-0.3, -0.25) is 4.90 Å². The highest BCUT2D eigenvalue weighted by Gasteiger charge is 2.19. The van der Waals surface area contributed by atoms with Gasteiger partial charge < -0.3 is 5.73 Å². The Morgan fingerprint density at radius 2 is 2.05 bits per heavy atom. The van der Waals surface area contributed by atoms with Gasteiger partial charge in [0, 0.05) is 30.9 Å². The predicted molar refractivity (Wildman–Crippen MR) is 82.9 cm³/mol. The van der Waals surface area contributed by atoms with E-state index in [1.54, 1.807) is 6.07 Å². The van der Waals surface area contributed by atoms with Crippen molar-refractivity contribution in [2.75, 3.05) is 12.3 Å². The zero-order valence-corrected chi connectivity index (χ0v) is 12.5. The summed E-state index contributed by atoms with van der Waals surface area (Å²) in [5.41, 5.74) is 10.5. The molecule has 104 valence electrons. The molecule has 0 saturated carbocycles. The van der Waals surface area contributed by atoms with Crippen molar-refractivity contribution in [3.05, 3.63) is 57.3 Å². The van der Waals surface area contributed by atoms with Crippen molar-refractivity contribution in [1.29, 1.82) is 0 Å². The first kappa shape index (κ1) is 13.7. The molecule has 1 aromatic carbocycles. The van der Waals surface area contributed by atoms with E-state index in [1.165, 1.54) is 11.1 Å². The van der Waals surface area contributed by atoms with Gasteiger partial charge in [0.15, 0.2) is 0 Å². The van der Waals surface area contributed by atoms with Crippen LogP contribution in [-0.2, 0) is 19.5 Å². The second-order valence-electron chi connectivity index (χ2n) is 5.03. The topological polar surface area (TPSA) is 42.1 Å². The van der Waals surface area contributed by atoms with Crippen LogP contribution in [0.5, 0.6) is 0 Å². The number of nitrogens with zero attached hydrogens (tertiary/aromatic N) is 2. The lowest BCUT2D eigenvalue weighted by Gasteiger charge is -2.29. The third-order valence-electron chi connectivity index (χ3n) is 3.67. The average molecular weight is 308 g/mol. The van der Waals surface area contributed by atoms with Crippen LogP contribution in [0.15, 0.2) is 30.3 Å². The van der Waals surface area contributed by atoms with Crippen LogP contribution < -0.4 is 5.73 Å². The molecule has 5 heteroatoms. The molecule has 0 unspecified atom stereocenters. The number of anilines is 1. The van der Waals surface area contributed by atoms with Crippen LogP contribution in [0, 0.1) is 0 Å². The Kier molecular flexibility index (Phi) is 3.83. The molecule has 0 radical (unpaired) electrons. The van der Waals surface area contributed by atoms with Crippen molar-refractivity contribution >= 4 is 28.9 Å². The number of fused-ring (bicyclic) bond motifs is 1. The molecule has 0 atom stereocenters. The van der Waals surface area contributed by atoms with Crippen LogP contribution in [0.1, 0.15) is 16.7 Å². The van der Waals surface area contributed by atoms with Crippen molar-refractivity contribution in [3.8, 4) is 0 Å². The van der Waals surface area contributed by atoms with Crippen molar-refractivity contribution in [3.63, 3.8) is 0 Å². The SMILES string of the molecule is Nc1cccc2c1CN(Cc1ccc(Cl)nc1Cl)CC2. The maximum atomic E-state index is 6.13. The van der Waals surface area contributed by atoms with Crippen LogP contribution in [0.25, 0.3) is 0 Å². The molecule has 1 aromatic heterocycles. The van der Waals surface area contributed by atoms with Crippen molar-refractivity contribution < 1.29 is 0 Å². The predicted octanol–water partition coefficient (Wildman–Crippen LogP) is 3.53. The Hall–Kier alpha value is -1.29. The first-order chi connectivity index (χ1) is 9.63. The molecule has 0 saturated heterocycles. The number of halogens is 2. The number of benzene rings is 1. The lowest BCUT2D eigenvalue weighted by atomic mass is 9.98. The first-order valence-electron chi connectivity index (χ1n) is 6.53. The maximum absolute atomic E-state index is 6.13. The zero-order chi connectivity index (χ0) is 14.1. The molecular formula is C15H15Cl2N3. The molecule has 3 nitrogen and oxygen atoms in total. The Bertz CT molecular complexity index is 643. The zero-order valence-electron chi connectivity index (χ0n) is 10.9. The summed E-state index contributed by atoms with van der Waals surface area (Å²) in [5, 5.41) is 0.899. The van der Waals surface area contributed by atoms with Crippen LogP contribution in [0.3, 0.4) is 0 Å². The molecule has 2 heterocycles. The van der Waals surface area contributed by atoms with Gasteiger partial charge in [-0.25, -0.2) is 4.98 Å². The van der Waals surface area contributed by atoms with E-state index in [1.807, 2.05) is 18.2 Å². The molecule has 2 aromatic rings. The van der Waals surface area contributed by atoms with Gasteiger partial charge in [0.05, 0.1) is 0 Å². The van der Waals surface area contributed by atoms with E-state index in [9.17, 15) is 0 Å². The molecule has 1 aliphatic heterocycles. The molecule has 0 amide bonds. The van der Waals surface area contributed by atoms with E-state index in [0.717, 1.165) is 37.3 Å². The quantitative estimate of drug-likeness (QED) is 0.682. The molecule has 0 aliphatic carbocycles. The number of hydrogen-bond donors (Lipinski definition) is 1. The summed E-state index contributed by atoms with van der Waals surface area (Å²) in [5.74, 6) is 0. The van der Waals surface area contributed by atoms with E-state index in [2.05, 4.69) is 16.0 Å². The second kappa shape index (κ2) is 5.60. The summed E-state index contributed by atoms with van der Waals surface area (Å²) in [4.78, 5) is 6.41. The van der Waals surface area contributed by atoms with Crippen LogP contribution in [-0.4, -0.2) is 16.4 Å². The minimum atomic E-state index is 0.423. The fourth-order valence-corrected chi connectivity index (χ4v) is 3.00. The molecule has 3 rings (SSSR count). The lowest BCUT2D eigenvalue weighted by molar-refractivity contribution is 0.246. The molecule has 20 heavy (non-hydrogen) atoms. The number of nitrogen functional groups attached to an aromatic ring is 1. The monoisotopic (exact) mass is 307 g/mol. The minimum Gasteiger partial charge on any atom is -0.398 e. The van der Waals surface area contributed by atoms with Gasteiger partial charge in [-0.15, -0.1) is 0 Å². The summed E-state index contributed by atoms with van der Waals surface area (Å²) < 4.78 is 0. The van der Waals surface area contributed by atoms with E-state index >= 15 is 0 Å². The number of aromatic nitrogens is 1. The lowest BCUT2D eigenvalue weighted by Crippen LogP contribution is -2.30. The largest absolute Gasteiger partial charge is 0.398 e. The number of rotatable bonds is 2. The third kappa shape index (κ3) is 2.75. The highest BCUT2D eigenvalue weighted by Crippen LogP contribution is 2.26. The summed E-state index contributed by atoms with van der Waals surface area (Å²) in [6.45, 7) is 2.60. The molecular weight excluding hydrogens is 293 g/mol. The van der Waals surface area contributed by atoms with Crippen molar-refractivity contribution in [2.45, 2.75) is 19.5 Å². The summed E-state index contributed by atoms with van der Waals surface area (Å²) in [6, 6.07) is 9.83. The van der Waals surface area contributed by atoms with Gasteiger partial charge in [0.1, 0.15) is 10.3 Å². The van der Waals surface area contributed by atoms with Gasteiger partial charge in [-0.05, 0) is 29.7 Å². The van der Waals surface area contributed by atoms with Gasteiger partial charge in [0.2, 0.25) is 0 Å². The number of nitrogens with two attached hydrogens (primary N) is 1. The van der Waals surface area contributed by atoms with E-state index in [0.29, 0.717) is 10.3 Å². The average Bonchev–Trinajstić information content (AvgIpc) is 2.43. The fraction of sp³-hybridized carbons (Fsp3) is 0.267. The standard InChI is InChI=1S/C15H15Cl2N3/c16-14-5-4-11(15(17)19-14)8-20-7-6-10-2-1-3-13(18)12(10)9-20/h1-5H,6-9,18H2. The van der Waals surface area contributed by atoms with E-state index < -0.39 is 0 Å². The molecule has 0 fully saturated rings. The Labute approximate surface area is 128 Å². The van der Waals surface area contributed by atoms with Crippen LogP contribution in [0.4, 0.5) is 5.69 Å². The van der Waals surface area contributed by atoms with Gasteiger partial charge in [0.25, 0.3) is 0 Å². The molecule has 1 aliphatic rings. The molecule has 2 N–H and O–H groups in total. The second-order valence-corrected chi connectivity index (χ2v) is 5.77. The van der Waals surface area contributed by atoms with Gasteiger partial charge in [-0.2, -0.15) is 0 Å². The van der Waals surface area contributed by atoms with Crippen molar-refractivity contribution in [2.24, 2.45) is 0 Å². The van der Waals surface area contributed by atoms with Gasteiger partial charge in [-0.1, -0.05) is 41.4 Å². The normalized spacial score (nSPS) is 15.1. The van der Waals surface area contributed by atoms with E-state index in [4.69, 9.17) is 28.9 Å². The highest BCUT2D eigenvalue weighted by molar-refractivity contribution is 6.32. The van der Waals surface area contributed by atoms with E-state index in [-0.39, 0.29) is 0 Å². The molecule has 0 bridgehead atoms. The Balaban J connectivity index is 1.79. The fourth-order valence-electron chi connectivity index (χ4n) is 2.60. The van der Waals surface area contributed by atoms with Crippen LogP contribution >= 0.6 is 23.2 Å². The number of hydrogen-bond acceptors (Lipinski definition) is 3. The summed E-state index contributed by atoms with van der Waals surface area (Å²) >= 11 is 12.0. The first-order valence-corrected chi connectivity index (χ1v) is 7.28. The van der Waals surface area contributed by atoms with Gasteiger partial charge >= 0.3 is 0 Å². The maximum Gasteiger partial charge on any atom is 0.135 e. The Morgan fingerprint density at radius 3 is 2.85 bits per heavy atom. The number of pyridine rings is 1. The minimum absolute atomic E-state index is 0.423.